The number of hydrogen-bond donors (Lipinski definition) is 1. The molecule has 1 aromatic rings. The van der Waals surface area contributed by atoms with E-state index in [0.717, 1.165) is 5.56 Å². The molecule has 0 bridgehead atoms. The Kier molecular flexibility index (Phi) is 3.44. The molecule has 0 aliphatic carbocycles. The minimum atomic E-state index is -0.904. The summed E-state index contributed by atoms with van der Waals surface area (Å²) >= 11 is 0. The van der Waals surface area contributed by atoms with Crippen molar-refractivity contribution < 1.29 is 14.3 Å². The van der Waals surface area contributed by atoms with E-state index >= 15 is 0 Å². The van der Waals surface area contributed by atoms with Gasteiger partial charge in [-0.3, -0.25) is 4.79 Å². The van der Waals surface area contributed by atoms with Gasteiger partial charge in [0.05, 0.1) is 5.56 Å². The van der Waals surface area contributed by atoms with Crippen LogP contribution in [-0.2, 0) is 9.53 Å². The van der Waals surface area contributed by atoms with E-state index in [4.69, 9.17) is 10.5 Å². The maximum Gasteiger partial charge on any atom is 0.338 e. The number of amides is 1. The fourth-order valence-corrected chi connectivity index (χ4v) is 0.976. The molecule has 80 valence electrons. The summed E-state index contributed by atoms with van der Waals surface area (Å²) in [7, 11) is 0. The standard InChI is InChI=1S/C11H13NO3/c1-7-3-5-9(6-4-7)11(14)15-8(2)10(12)13/h3-6,8H,1-2H3,(H2,12,13)/t8-/m0/s1. The lowest BCUT2D eigenvalue weighted by molar-refractivity contribution is -0.125. The molecule has 4 nitrogen and oxygen atoms in total. The summed E-state index contributed by atoms with van der Waals surface area (Å²) in [5.74, 6) is -1.20. The zero-order chi connectivity index (χ0) is 11.4. The Balaban J connectivity index is 2.69. The monoisotopic (exact) mass is 207 g/mol. The lowest BCUT2D eigenvalue weighted by Gasteiger charge is -2.09. The van der Waals surface area contributed by atoms with E-state index in [2.05, 4.69) is 0 Å². The molecule has 1 rings (SSSR count). The molecule has 0 fully saturated rings. The van der Waals surface area contributed by atoms with Crippen LogP contribution in [0.4, 0.5) is 0 Å². The smallest absolute Gasteiger partial charge is 0.338 e. The number of esters is 1. The highest BCUT2D eigenvalue weighted by Crippen LogP contribution is 2.06. The fourth-order valence-electron chi connectivity index (χ4n) is 0.976. The van der Waals surface area contributed by atoms with Gasteiger partial charge in [0, 0.05) is 0 Å². The summed E-state index contributed by atoms with van der Waals surface area (Å²) in [5, 5.41) is 0. The molecule has 1 aromatic carbocycles. The second-order valence-corrected chi connectivity index (χ2v) is 3.32. The van der Waals surface area contributed by atoms with Gasteiger partial charge >= 0.3 is 5.97 Å². The third-order valence-corrected chi connectivity index (χ3v) is 1.97. The van der Waals surface area contributed by atoms with E-state index in [1.807, 2.05) is 6.92 Å². The second-order valence-electron chi connectivity index (χ2n) is 3.32. The molecular weight excluding hydrogens is 194 g/mol. The molecule has 0 heterocycles. The van der Waals surface area contributed by atoms with Crippen molar-refractivity contribution in [3.05, 3.63) is 35.4 Å². The summed E-state index contributed by atoms with van der Waals surface area (Å²) in [6.07, 6.45) is -0.904. The SMILES string of the molecule is Cc1ccc(C(=O)O[C@@H](C)C(N)=O)cc1. The van der Waals surface area contributed by atoms with Gasteiger partial charge in [-0.25, -0.2) is 4.79 Å². The van der Waals surface area contributed by atoms with Crippen molar-refractivity contribution in [2.24, 2.45) is 5.73 Å². The van der Waals surface area contributed by atoms with Crippen molar-refractivity contribution in [3.63, 3.8) is 0 Å². The highest BCUT2D eigenvalue weighted by Gasteiger charge is 2.15. The molecule has 0 saturated heterocycles. The van der Waals surface area contributed by atoms with Crippen molar-refractivity contribution in [1.82, 2.24) is 0 Å². The highest BCUT2D eigenvalue weighted by molar-refractivity contribution is 5.91. The number of ether oxygens (including phenoxy) is 1. The van der Waals surface area contributed by atoms with E-state index in [9.17, 15) is 9.59 Å². The van der Waals surface area contributed by atoms with E-state index < -0.39 is 18.0 Å². The molecule has 0 aliphatic rings. The van der Waals surface area contributed by atoms with Gasteiger partial charge in [0.25, 0.3) is 5.91 Å². The number of rotatable bonds is 3. The predicted octanol–water partition coefficient (Wildman–Crippen LogP) is 1.03. The first kappa shape index (κ1) is 11.2. The molecular formula is C11H13NO3. The van der Waals surface area contributed by atoms with Crippen molar-refractivity contribution in [1.29, 1.82) is 0 Å². The highest BCUT2D eigenvalue weighted by atomic mass is 16.5. The van der Waals surface area contributed by atoms with Crippen LogP contribution in [0.15, 0.2) is 24.3 Å². The first-order valence-corrected chi connectivity index (χ1v) is 4.57. The van der Waals surface area contributed by atoms with Gasteiger partial charge in [-0.1, -0.05) is 17.7 Å². The van der Waals surface area contributed by atoms with Crippen LogP contribution in [0, 0.1) is 6.92 Å². The summed E-state index contributed by atoms with van der Waals surface area (Å²) in [4.78, 5) is 22.1. The Labute approximate surface area is 88.0 Å². The number of primary amides is 1. The van der Waals surface area contributed by atoms with Gasteiger partial charge in [0.1, 0.15) is 0 Å². The minimum Gasteiger partial charge on any atom is -0.449 e. The molecule has 2 N–H and O–H groups in total. The largest absolute Gasteiger partial charge is 0.449 e. The zero-order valence-corrected chi connectivity index (χ0v) is 8.69. The first-order chi connectivity index (χ1) is 7.00. The van der Waals surface area contributed by atoms with Crippen molar-refractivity contribution in [2.75, 3.05) is 0 Å². The van der Waals surface area contributed by atoms with Gasteiger partial charge in [-0.15, -0.1) is 0 Å². The lowest BCUT2D eigenvalue weighted by Crippen LogP contribution is -2.30. The summed E-state index contributed by atoms with van der Waals surface area (Å²) in [6, 6.07) is 6.88. The molecule has 0 saturated carbocycles. The van der Waals surface area contributed by atoms with E-state index in [1.54, 1.807) is 24.3 Å². The maximum atomic E-state index is 11.4. The zero-order valence-electron chi connectivity index (χ0n) is 8.69. The van der Waals surface area contributed by atoms with Crippen LogP contribution in [0.2, 0.25) is 0 Å². The lowest BCUT2D eigenvalue weighted by atomic mass is 10.1. The molecule has 0 aromatic heterocycles. The van der Waals surface area contributed by atoms with Gasteiger partial charge in [0.15, 0.2) is 6.10 Å². The van der Waals surface area contributed by atoms with Crippen LogP contribution in [-0.4, -0.2) is 18.0 Å². The fraction of sp³-hybridized carbons (Fsp3) is 0.273. The molecule has 4 heteroatoms. The van der Waals surface area contributed by atoms with E-state index in [1.165, 1.54) is 6.92 Å². The van der Waals surface area contributed by atoms with Gasteiger partial charge < -0.3 is 10.5 Å². The van der Waals surface area contributed by atoms with Crippen molar-refractivity contribution in [3.8, 4) is 0 Å². The van der Waals surface area contributed by atoms with Crippen LogP contribution in [0.25, 0.3) is 0 Å². The third-order valence-electron chi connectivity index (χ3n) is 1.97. The number of carbonyl (C=O) groups excluding carboxylic acids is 2. The van der Waals surface area contributed by atoms with Gasteiger partial charge in [-0.05, 0) is 26.0 Å². The van der Waals surface area contributed by atoms with Gasteiger partial charge in [-0.2, -0.15) is 0 Å². The Morgan fingerprint density at radius 1 is 1.27 bits per heavy atom. The number of nitrogens with two attached hydrogens (primary N) is 1. The van der Waals surface area contributed by atoms with Crippen LogP contribution >= 0.6 is 0 Å². The predicted molar refractivity (Wildman–Crippen MR) is 55.3 cm³/mol. The quantitative estimate of drug-likeness (QED) is 0.752. The Morgan fingerprint density at radius 3 is 2.27 bits per heavy atom. The molecule has 0 spiro atoms. The Hall–Kier alpha value is -1.84. The number of benzene rings is 1. The number of hydrogen-bond acceptors (Lipinski definition) is 3. The van der Waals surface area contributed by atoms with Crippen LogP contribution in [0.5, 0.6) is 0 Å². The first-order valence-electron chi connectivity index (χ1n) is 4.57. The number of carbonyl (C=O) groups is 2. The molecule has 15 heavy (non-hydrogen) atoms. The third kappa shape index (κ3) is 3.09. The summed E-state index contributed by atoms with van der Waals surface area (Å²) in [5.41, 5.74) is 6.43. The van der Waals surface area contributed by atoms with E-state index in [-0.39, 0.29) is 0 Å². The molecule has 0 unspecified atom stereocenters. The average molecular weight is 207 g/mol. The summed E-state index contributed by atoms with van der Waals surface area (Å²) < 4.78 is 4.82. The Bertz CT molecular complexity index is 370. The summed E-state index contributed by atoms with van der Waals surface area (Å²) in [6.45, 7) is 3.36. The van der Waals surface area contributed by atoms with Crippen LogP contribution < -0.4 is 5.73 Å². The molecule has 1 amide bonds. The normalized spacial score (nSPS) is 11.9. The van der Waals surface area contributed by atoms with Crippen LogP contribution in [0.3, 0.4) is 0 Å². The van der Waals surface area contributed by atoms with Gasteiger partial charge in [0.2, 0.25) is 0 Å². The molecule has 0 aliphatic heterocycles. The number of aryl methyl sites for hydroxylation is 1. The van der Waals surface area contributed by atoms with Crippen molar-refractivity contribution >= 4 is 11.9 Å². The van der Waals surface area contributed by atoms with Crippen LogP contribution in [0.1, 0.15) is 22.8 Å². The second kappa shape index (κ2) is 4.59. The average Bonchev–Trinajstić information content (AvgIpc) is 2.18. The topological polar surface area (TPSA) is 69.4 Å². The molecule has 0 radical (unpaired) electrons. The van der Waals surface area contributed by atoms with Crippen molar-refractivity contribution in [2.45, 2.75) is 20.0 Å². The Morgan fingerprint density at radius 2 is 1.80 bits per heavy atom. The maximum absolute atomic E-state index is 11.4. The van der Waals surface area contributed by atoms with E-state index in [0.29, 0.717) is 5.56 Å². The minimum absolute atomic E-state index is 0.411. The molecule has 1 atom stereocenters.